The Morgan fingerprint density at radius 3 is 2.26 bits per heavy atom. The number of nitrogens with one attached hydrogen (secondary N) is 2. The minimum atomic E-state index is -0.309. The molecule has 0 saturated carbocycles. The summed E-state index contributed by atoms with van der Waals surface area (Å²) >= 11 is 0. The fraction of sp³-hybridized carbons (Fsp3) is 0.250. The van der Waals surface area contributed by atoms with E-state index in [9.17, 15) is 4.79 Å². The van der Waals surface area contributed by atoms with Gasteiger partial charge in [-0.25, -0.2) is 0 Å². The second kappa shape index (κ2) is 9.70. The van der Waals surface area contributed by atoms with E-state index >= 15 is 0 Å². The number of ether oxygens (including phenoxy) is 1. The number of rotatable bonds is 5. The molecule has 2 N–H and O–H groups in total. The van der Waals surface area contributed by atoms with Crippen LogP contribution in [0.2, 0.25) is 0 Å². The van der Waals surface area contributed by atoms with Crippen LogP contribution in [-0.4, -0.2) is 24.6 Å². The molecular formula is C20H19ClN4O2. The molecule has 7 heteroatoms. The van der Waals surface area contributed by atoms with Crippen LogP contribution in [0.15, 0.2) is 48.5 Å². The molecule has 0 aliphatic carbocycles. The predicted octanol–water partition coefficient (Wildman–Crippen LogP) is 2.74. The first-order valence-corrected chi connectivity index (χ1v) is 8.33. The predicted molar refractivity (Wildman–Crippen MR) is 103 cm³/mol. The van der Waals surface area contributed by atoms with E-state index in [2.05, 4.69) is 16.7 Å². The molecule has 6 nitrogen and oxygen atoms in total. The van der Waals surface area contributed by atoms with E-state index in [-0.39, 0.29) is 30.5 Å². The smallest absolute Gasteiger partial charge is 0.241 e. The average molecular weight is 383 g/mol. The quantitative estimate of drug-likeness (QED) is 0.828. The van der Waals surface area contributed by atoms with Crippen LogP contribution in [0.3, 0.4) is 0 Å². The van der Waals surface area contributed by atoms with Gasteiger partial charge in [0.25, 0.3) is 0 Å². The Morgan fingerprint density at radius 2 is 1.67 bits per heavy atom. The molecule has 138 valence electrons. The Bertz CT molecular complexity index is 854. The van der Waals surface area contributed by atoms with Gasteiger partial charge in [-0.05, 0) is 48.4 Å². The highest BCUT2D eigenvalue weighted by atomic mass is 35.5. The highest BCUT2D eigenvalue weighted by Crippen LogP contribution is 2.16. The third-order valence-electron chi connectivity index (χ3n) is 4.26. The van der Waals surface area contributed by atoms with Crippen molar-refractivity contribution in [3.05, 3.63) is 65.2 Å². The molecular weight excluding hydrogens is 364 g/mol. The van der Waals surface area contributed by atoms with E-state index < -0.39 is 0 Å². The Hall–Kier alpha value is -2.90. The summed E-state index contributed by atoms with van der Waals surface area (Å²) in [6, 6.07) is 17.9. The normalized spacial score (nSPS) is 18.0. The van der Waals surface area contributed by atoms with Crippen molar-refractivity contribution in [1.82, 2.24) is 5.32 Å². The topological polar surface area (TPSA) is 97.9 Å². The van der Waals surface area contributed by atoms with Crippen LogP contribution in [0.25, 0.3) is 0 Å². The molecule has 2 atom stereocenters. The summed E-state index contributed by atoms with van der Waals surface area (Å²) in [7, 11) is 0. The molecule has 3 rings (SSSR count). The van der Waals surface area contributed by atoms with Crippen molar-refractivity contribution < 1.29 is 9.53 Å². The molecule has 0 spiro atoms. The van der Waals surface area contributed by atoms with Gasteiger partial charge in [0.05, 0.1) is 42.0 Å². The SMILES string of the molecule is Cl.N#Cc1ccc(CO[C@H]2CN[C@@H](C(=O)Nc3ccc(C#N)cc3)C2)cc1. The number of hydrogen-bond donors (Lipinski definition) is 2. The fourth-order valence-electron chi connectivity index (χ4n) is 2.78. The molecule has 27 heavy (non-hydrogen) atoms. The van der Waals surface area contributed by atoms with Gasteiger partial charge in [-0.1, -0.05) is 12.1 Å². The lowest BCUT2D eigenvalue weighted by molar-refractivity contribution is -0.118. The molecule has 1 fully saturated rings. The van der Waals surface area contributed by atoms with Crippen molar-refractivity contribution in [3.63, 3.8) is 0 Å². The molecule has 0 radical (unpaired) electrons. The maximum atomic E-state index is 12.3. The van der Waals surface area contributed by atoms with E-state index in [0.717, 1.165) is 5.56 Å². The van der Waals surface area contributed by atoms with Crippen molar-refractivity contribution >= 4 is 24.0 Å². The fourth-order valence-corrected chi connectivity index (χ4v) is 2.78. The zero-order valence-corrected chi connectivity index (χ0v) is 15.3. The lowest BCUT2D eigenvalue weighted by atomic mass is 10.1. The van der Waals surface area contributed by atoms with Gasteiger partial charge < -0.3 is 15.4 Å². The van der Waals surface area contributed by atoms with E-state index in [1.54, 1.807) is 36.4 Å². The summed E-state index contributed by atoms with van der Waals surface area (Å²) in [6.45, 7) is 1.06. The van der Waals surface area contributed by atoms with Crippen LogP contribution in [0.1, 0.15) is 23.1 Å². The zero-order chi connectivity index (χ0) is 18.4. The second-order valence-corrected chi connectivity index (χ2v) is 6.12. The summed E-state index contributed by atoms with van der Waals surface area (Å²) < 4.78 is 5.86. The lowest BCUT2D eigenvalue weighted by Gasteiger charge is -2.12. The Balaban J connectivity index is 0.00000261. The number of carbonyl (C=O) groups excluding carboxylic acids is 1. The van der Waals surface area contributed by atoms with E-state index in [1.165, 1.54) is 0 Å². The van der Waals surface area contributed by atoms with Gasteiger partial charge in [0.15, 0.2) is 0 Å². The minimum absolute atomic E-state index is 0. The minimum Gasteiger partial charge on any atom is -0.372 e. The highest BCUT2D eigenvalue weighted by Gasteiger charge is 2.30. The number of carbonyl (C=O) groups is 1. The van der Waals surface area contributed by atoms with Crippen molar-refractivity contribution in [2.45, 2.75) is 25.2 Å². The number of hydrogen-bond acceptors (Lipinski definition) is 5. The first-order chi connectivity index (χ1) is 12.7. The maximum Gasteiger partial charge on any atom is 0.241 e. The number of anilines is 1. The van der Waals surface area contributed by atoms with Gasteiger partial charge >= 0.3 is 0 Å². The maximum absolute atomic E-state index is 12.3. The van der Waals surface area contributed by atoms with Gasteiger partial charge in [-0.15, -0.1) is 12.4 Å². The Morgan fingerprint density at radius 1 is 1.07 bits per heavy atom. The number of halogens is 1. The summed E-state index contributed by atoms with van der Waals surface area (Å²) in [5.41, 5.74) is 2.83. The van der Waals surface area contributed by atoms with Crippen LogP contribution in [0.5, 0.6) is 0 Å². The molecule has 0 bridgehead atoms. The third kappa shape index (κ3) is 5.54. The van der Waals surface area contributed by atoms with Gasteiger partial charge in [-0.3, -0.25) is 4.79 Å². The Kier molecular flexibility index (Phi) is 7.34. The monoisotopic (exact) mass is 382 g/mol. The van der Waals surface area contributed by atoms with Crippen LogP contribution < -0.4 is 10.6 Å². The van der Waals surface area contributed by atoms with Gasteiger partial charge in [0, 0.05) is 12.2 Å². The van der Waals surface area contributed by atoms with E-state index in [1.807, 2.05) is 18.2 Å². The zero-order valence-electron chi connectivity index (χ0n) is 14.5. The standard InChI is InChI=1S/C20H18N4O2.ClH/c21-10-14-1-3-16(4-2-14)13-26-18-9-19(23-12-18)20(25)24-17-7-5-15(11-22)6-8-17;/h1-8,18-19,23H,9,12-13H2,(H,24,25);1H/t18-,19-;/m1./s1. The molecule has 0 unspecified atom stereocenters. The number of nitriles is 2. The summed E-state index contributed by atoms with van der Waals surface area (Å²) in [5.74, 6) is -0.112. The average Bonchev–Trinajstić information content (AvgIpc) is 3.16. The number of amides is 1. The number of nitrogens with zero attached hydrogens (tertiary/aromatic N) is 2. The third-order valence-corrected chi connectivity index (χ3v) is 4.26. The van der Waals surface area contributed by atoms with Gasteiger partial charge in [-0.2, -0.15) is 10.5 Å². The van der Waals surface area contributed by atoms with Crippen molar-refractivity contribution in [2.75, 3.05) is 11.9 Å². The largest absolute Gasteiger partial charge is 0.372 e. The van der Waals surface area contributed by atoms with Crippen LogP contribution in [0.4, 0.5) is 5.69 Å². The van der Waals surface area contributed by atoms with Crippen molar-refractivity contribution in [1.29, 1.82) is 10.5 Å². The van der Waals surface area contributed by atoms with Crippen molar-refractivity contribution in [3.8, 4) is 12.1 Å². The molecule has 0 aromatic heterocycles. The van der Waals surface area contributed by atoms with Gasteiger partial charge in [0.2, 0.25) is 5.91 Å². The lowest BCUT2D eigenvalue weighted by Crippen LogP contribution is -2.35. The second-order valence-electron chi connectivity index (χ2n) is 6.12. The van der Waals surface area contributed by atoms with E-state index in [0.29, 0.717) is 36.4 Å². The van der Waals surface area contributed by atoms with Crippen LogP contribution >= 0.6 is 12.4 Å². The Labute approximate surface area is 164 Å². The van der Waals surface area contributed by atoms with Crippen LogP contribution in [-0.2, 0) is 16.1 Å². The highest BCUT2D eigenvalue weighted by molar-refractivity contribution is 5.95. The summed E-state index contributed by atoms with van der Waals surface area (Å²) in [6.07, 6.45) is 0.556. The molecule has 2 aromatic carbocycles. The summed E-state index contributed by atoms with van der Waals surface area (Å²) in [4.78, 5) is 12.3. The van der Waals surface area contributed by atoms with Crippen molar-refractivity contribution in [2.24, 2.45) is 0 Å². The van der Waals surface area contributed by atoms with E-state index in [4.69, 9.17) is 15.3 Å². The molecule has 1 aliphatic rings. The first-order valence-electron chi connectivity index (χ1n) is 8.33. The molecule has 1 amide bonds. The van der Waals surface area contributed by atoms with Crippen LogP contribution in [0, 0.1) is 22.7 Å². The van der Waals surface area contributed by atoms with Gasteiger partial charge in [0.1, 0.15) is 0 Å². The molecule has 2 aromatic rings. The molecule has 1 heterocycles. The summed E-state index contributed by atoms with van der Waals surface area (Å²) in [5, 5.41) is 23.6. The number of benzene rings is 2. The first kappa shape index (κ1) is 20.4. The molecule has 1 aliphatic heterocycles. The molecule has 1 saturated heterocycles.